The van der Waals surface area contributed by atoms with Gasteiger partial charge in [-0.05, 0) is 17.7 Å². The van der Waals surface area contributed by atoms with Gasteiger partial charge in [-0.1, -0.05) is 30.4 Å². The van der Waals surface area contributed by atoms with E-state index in [1.165, 1.54) is 0 Å². The highest BCUT2D eigenvalue weighted by Crippen LogP contribution is 2.13. The summed E-state index contributed by atoms with van der Waals surface area (Å²) in [6.07, 6.45) is 5.74. The summed E-state index contributed by atoms with van der Waals surface area (Å²) in [5.41, 5.74) is 2.11. The first-order valence-corrected chi connectivity index (χ1v) is 5.01. The fourth-order valence-corrected chi connectivity index (χ4v) is 1.45. The molecule has 1 heterocycles. The van der Waals surface area contributed by atoms with Crippen molar-refractivity contribution in [1.82, 2.24) is 4.98 Å². The van der Waals surface area contributed by atoms with E-state index in [1.54, 1.807) is 0 Å². The number of nitrogens with zero attached hydrogens (tertiary/aromatic N) is 1. The number of aromatic nitrogens is 1. The van der Waals surface area contributed by atoms with E-state index >= 15 is 0 Å². The second kappa shape index (κ2) is 4.25. The molecule has 0 aliphatic carbocycles. The molecule has 0 unspecified atom stereocenters. The Morgan fingerprint density at radius 3 is 3.00 bits per heavy atom. The molecule has 0 spiro atoms. The molecule has 0 saturated carbocycles. The van der Waals surface area contributed by atoms with Crippen LogP contribution in [0.15, 0.2) is 42.6 Å². The van der Waals surface area contributed by atoms with Crippen molar-refractivity contribution in [3.8, 4) is 0 Å². The van der Waals surface area contributed by atoms with Crippen molar-refractivity contribution in [2.24, 2.45) is 0 Å². The zero-order chi connectivity index (χ0) is 9.80. The number of hydrogen-bond acceptors (Lipinski definition) is 1. The number of hydrogen-bond donors (Lipinski definition) is 0. The predicted octanol–water partition coefficient (Wildman–Crippen LogP) is 3.49. The van der Waals surface area contributed by atoms with E-state index in [1.807, 2.05) is 36.5 Å². The summed E-state index contributed by atoms with van der Waals surface area (Å²) in [7, 11) is 0. The van der Waals surface area contributed by atoms with E-state index in [4.69, 9.17) is 11.6 Å². The molecule has 0 aliphatic heterocycles. The summed E-state index contributed by atoms with van der Waals surface area (Å²) < 4.78 is 0. The lowest BCUT2D eigenvalue weighted by Crippen LogP contribution is -1.80. The molecular weight excluding hydrogens is 194 g/mol. The first-order valence-electron chi connectivity index (χ1n) is 4.47. The minimum Gasteiger partial charge on any atom is -0.256 e. The van der Waals surface area contributed by atoms with E-state index in [0.717, 1.165) is 16.5 Å². The van der Waals surface area contributed by atoms with Gasteiger partial charge in [-0.25, -0.2) is 0 Å². The van der Waals surface area contributed by atoms with Crippen molar-refractivity contribution >= 4 is 28.6 Å². The van der Waals surface area contributed by atoms with Crippen molar-refractivity contribution in [2.45, 2.75) is 0 Å². The summed E-state index contributed by atoms with van der Waals surface area (Å²) in [4.78, 5) is 4.34. The van der Waals surface area contributed by atoms with Gasteiger partial charge in [0.15, 0.2) is 0 Å². The number of allylic oxidation sites excluding steroid dienone is 1. The van der Waals surface area contributed by atoms with Gasteiger partial charge in [0, 0.05) is 17.5 Å². The van der Waals surface area contributed by atoms with Gasteiger partial charge in [0.2, 0.25) is 0 Å². The van der Waals surface area contributed by atoms with Crippen molar-refractivity contribution in [3.63, 3.8) is 0 Å². The molecular formula is C12H10ClN. The van der Waals surface area contributed by atoms with Crippen molar-refractivity contribution in [1.29, 1.82) is 0 Å². The van der Waals surface area contributed by atoms with Crippen LogP contribution in [0.1, 0.15) is 5.56 Å². The number of benzene rings is 1. The van der Waals surface area contributed by atoms with Crippen LogP contribution in [0, 0.1) is 0 Å². The van der Waals surface area contributed by atoms with Crippen LogP contribution < -0.4 is 0 Å². The molecule has 0 N–H and O–H groups in total. The Kier molecular flexibility index (Phi) is 2.80. The number of alkyl halides is 1. The second-order valence-corrected chi connectivity index (χ2v) is 3.33. The van der Waals surface area contributed by atoms with Crippen LogP contribution in [0.2, 0.25) is 0 Å². The smallest absolute Gasteiger partial charge is 0.0702 e. The average molecular weight is 204 g/mol. The minimum atomic E-state index is 0.535. The third-order valence-corrected chi connectivity index (χ3v) is 2.19. The third kappa shape index (κ3) is 1.94. The van der Waals surface area contributed by atoms with Crippen LogP contribution in [0.5, 0.6) is 0 Å². The molecule has 1 aromatic carbocycles. The van der Waals surface area contributed by atoms with E-state index in [2.05, 4.69) is 17.1 Å². The second-order valence-electron chi connectivity index (χ2n) is 3.02. The summed E-state index contributed by atoms with van der Waals surface area (Å²) in [5.74, 6) is 0.535. The fraction of sp³-hybridized carbons (Fsp3) is 0.0833. The van der Waals surface area contributed by atoms with E-state index in [0.29, 0.717) is 5.88 Å². The normalized spacial score (nSPS) is 11.2. The molecule has 0 bridgehead atoms. The quantitative estimate of drug-likeness (QED) is 0.681. The van der Waals surface area contributed by atoms with Crippen LogP contribution in [0.3, 0.4) is 0 Å². The molecule has 2 rings (SSSR count). The summed E-state index contributed by atoms with van der Waals surface area (Å²) in [6, 6.07) is 10.2. The fourth-order valence-electron chi connectivity index (χ4n) is 1.36. The average Bonchev–Trinajstić information content (AvgIpc) is 2.26. The molecule has 70 valence electrons. The number of pyridine rings is 1. The predicted molar refractivity (Wildman–Crippen MR) is 61.5 cm³/mol. The Morgan fingerprint density at radius 1 is 1.29 bits per heavy atom. The highest BCUT2D eigenvalue weighted by molar-refractivity contribution is 6.19. The molecule has 2 heteroatoms. The summed E-state index contributed by atoms with van der Waals surface area (Å²) in [5, 5.41) is 1.16. The maximum absolute atomic E-state index is 5.56. The maximum Gasteiger partial charge on any atom is 0.0702 e. The number of halogens is 1. The Labute approximate surface area is 88.0 Å². The number of rotatable bonds is 2. The Bertz CT molecular complexity index is 463. The monoisotopic (exact) mass is 203 g/mol. The molecule has 0 amide bonds. The van der Waals surface area contributed by atoms with Crippen LogP contribution in [-0.4, -0.2) is 10.9 Å². The van der Waals surface area contributed by atoms with Crippen LogP contribution in [0.25, 0.3) is 17.0 Å². The first kappa shape index (κ1) is 9.22. The lowest BCUT2D eigenvalue weighted by Gasteiger charge is -1.97. The van der Waals surface area contributed by atoms with Crippen LogP contribution >= 0.6 is 11.6 Å². The van der Waals surface area contributed by atoms with Gasteiger partial charge in [0.25, 0.3) is 0 Å². The molecule has 0 aliphatic rings. The molecule has 0 saturated heterocycles. The Hall–Kier alpha value is -1.34. The van der Waals surface area contributed by atoms with Crippen LogP contribution in [0.4, 0.5) is 0 Å². The molecule has 0 fully saturated rings. The largest absolute Gasteiger partial charge is 0.256 e. The van der Waals surface area contributed by atoms with Gasteiger partial charge >= 0.3 is 0 Å². The summed E-state index contributed by atoms with van der Waals surface area (Å²) in [6.45, 7) is 0. The number of fused-ring (bicyclic) bond motifs is 1. The number of para-hydroxylation sites is 1. The molecule has 14 heavy (non-hydrogen) atoms. The first-order chi connectivity index (χ1) is 6.90. The van der Waals surface area contributed by atoms with Crippen molar-refractivity contribution in [2.75, 3.05) is 5.88 Å². The molecule has 0 radical (unpaired) electrons. The summed E-state index contributed by atoms with van der Waals surface area (Å²) >= 11 is 5.56. The minimum absolute atomic E-state index is 0.535. The van der Waals surface area contributed by atoms with Gasteiger partial charge in [0.05, 0.1) is 5.52 Å². The van der Waals surface area contributed by atoms with Crippen molar-refractivity contribution in [3.05, 3.63) is 48.2 Å². The molecule has 1 aromatic heterocycles. The van der Waals surface area contributed by atoms with Crippen molar-refractivity contribution < 1.29 is 0 Å². The van der Waals surface area contributed by atoms with Gasteiger partial charge in [-0.15, -0.1) is 11.6 Å². The van der Waals surface area contributed by atoms with E-state index in [-0.39, 0.29) is 0 Å². The van der Waals surface area contributed by atoms with E-state index < -0.39 is 0 Å². The van der Waals surface area contributed by atoms with Gasteiger partial charge in [-0.2, -0.15) is 0 Å². The molecule has 2 aromatic rings. The van der Waals surface area contributed by atoms with Crippen LogP contribution in [-0.2, 0) is 0 Å². The highest BCUT2D eigenvalue weighted by Gasteiger charge is 1.93. The van der Waals surface area contributed by atoms with Gasteiger partial charge in [0.1, 0.15) is 0 Å². The lowest BCUT2D eigenvalue weighted by molar-refractivity contribution is 1.40. The maximum atomic E-state index is 5.56. The molecule has 1 nitrogen and oxygen atoms in total. The zero-order valence-corrected chi connectivity index (χ0v) is 8.41. The molecule has 0 atom stereocenters. The van der Waals surface area contributed by atoms with Gasteiger partial charge in [-0.3, -0.25) is 4.98 Å². The SMILES string of the molecule is ClCC=Cc1cnc2ccccc2c1. The Morgan fingerprint density at radius 2 is 2.14 bits per heavy atom. The highest BCUT2D eigenvalue weighted by atomic mass is 35.5. The topological polar surface area (TPSA) is 12.9 Å². The van der Waals surface area contributed by atoms with Gasteiger partial charge < -0.3 is 0 Å². The standard InChI is InChI=1S/C12H10ClN/c13-7-3-4-10-8-11-5-1-2-6-12(11)14-9-10/h1-6,8-9H,7H2. The van der Waals surface area contributed by atoms with E-state index in [9.17, 15) is 0 Å². The zero-order valence-electron chi connectivity index (χ0n) is 7.65. The third-order valence-electron chi connectivity index (χ3n) is 2.01. The lowest BCUT2D eigenvalue weighted by atomic mass is 10.1. The Balaban J connectivity index is 2.46.